The van der Waals surface area contributed by atoms with Gasteiger partial charge in [-0.25, -0.2) is 13.4 Å². The van der Waals surface area contributed by atoms with Crippen LogP contribution < -0.4 is 14.8 Å². The number of sulfonamides is 1. The van der Waals surface area contributed by atoms with Crippen LogP contribution in [0.2, 0.25) is 0 Å². The first-order valence-electron chi connectivity index (χ1n) is 9.78. The van der Waals surface area contributed by atoms with Gasteiger partial charge in [-0.3, -0.25) is 20.2 Å². The molecule has 0 spiro atoms. The number of nitrogens with zero attached hydrogens (tertiary/aromatic N) is 3. The Bertz CT molecular complexity index is 1320. The molecule has 1 amide bonds. The highest BCUT2D eigenvalue weighted by molar-refractivity contribution is 7.89. The van der Waals surface area contributed by atoms with Gasteiger partial charge in [0.05, 0.1) is 40.3 Å². The number of nitro groups is 1. The van der Waals surface area contributed by atoms with Crippen molar-refractivity contribution in [3.05, 3.63) is 46.0 Å². The summed E-state index contributed by atoms with van der Waals surface area (Å²) >= 11 is 1.06. The number of nitro benzene ring substituents is 1. The van der Waals surface area contributed by atoms with Crippen LogP contribution in [0.25, 0.3) is 10.2 Å². The molecule has 0 radical (unpaired) electrons. The molecule has 3 rings (SSSR count). The molecule has 0 aliphatic heterocycles. The predicted molar refractivity (Wildman–Crippen MR) is 124 cm³/mol. The van der Waals surface area contributed by atoms with Crippen molar-refractivity contribution in [2.75, 3.05) is 32.6 Å². The Balaban J connectivity index is 1.96. The maximum Gasteiger partial charge on any atom is 0.286 e. The molecule has 1 aromatic heterocycles. The van der Waals surface area contributed by atoms with E-state index in [1.165, 1.54) is 36.7 Å². The van der Waals surface area contributed by atoms with Crippen molar-refractivity contribution < 1.29 is 27.6 Å². The lowest BCUT2D eigenvalue weighted by molar-refractivity contribution is -0.385. The van der Waals surface area contributed by atoms with Gasteiger partial charge in [0.2, 0.25) is 10.0 Å². The van der Waals surface area contributed by atoms with Gasteiger partial charge in [-0.1, -0.05) is 25.2 Å². The van der Waals surface area contributed by atoms with Gasteiger partial charge in [-0.05, 0) is 18.2 Å². The molecule has 0 saturated heterocycles. The van der Waals surface area contributed by atoms with Crippen LogP contribution in [-0.4, -0.2) is 55.8 Å². The maximum absolute atomic E-state index is 12.8. The van der Waals surface area contributed by atoms with Crippen LogP contribution in [0.4, 0.5) is 10.8 Å². The van der Waals surface area contributed by atoms with Crippen molar-refractivity contribution in [1.82, 2.24) is 9.29 Å². The first-order valence-corrected chi connectivity index (χ1v) is 12.0. The van der Waals surface area contributed by atoms with Crippen LogP contribution >= 0.6 is 11.3 Å². The number of anilines is 1. The summed E-state index contributed by atoms with van der Waals surface area (Å²) in [5.41, 5.74) is -0.212. The molecule has 0 atom stereocenters. The van der Waals surface area contributed by atoms with E-state index in [2.05, 4.69) is 10.3 Å². The van der Waals surface area contributed by atoms with Gasteiger partial charge in [-0.2, -0.15) is 4.31 Å². The third-order valence-corrected chi connectivity index (χ3v) is 7.85. The Morgan fingerprint density at radius 3 is 2.36 bits per heavy atom. The minimum absolute atomic E-state index is 0.114. The smallest absolute Gasteiger partial charge is 0.286 e. The van der Waals surface area contributed by atoms with E-state index in [-0.39, 0.29) is 27.1 Å². The van der Waals surface area contributed by atoms with Crippen molar-refractivity contribution in [3.63, 3.8) is 0 Å². The second-order valence-corrected chi connectivity index (χ2v) is 9.64. The van der Waals surface area contributed by atoms with Crippen LogP contribution in [-0.2, 0) is 10.0 Å². The number of fused-ring (bicyclic) bond motifs is 1. The fourth-order valence-electron chi connectivity index (χ4n) is 3.20. The molecule has 0 fully saturated rings. The van der Waals surface area contributed by atoms with Gasteiger partial charge in [0.1, 0.15) is 5.56 Å². The molecule has 1 heterocycles. The number of rotatable bonds is 9. The number of nitrogens with one attached hydrogen (secondary N) is 1. The number of ether oxygens (including phenoxy) is 2. The summed E-state index contributed by atoms with van der Waals surface area (Å²) < 4.78 is 37.6. The van der Waals surface area contributed by atoms with Crippen LogP contribution in [0.1, 0.15) is 24.2 Å². The van der Waals surface area contributed by atoms with Crippen molar-refractivity contribution >= 4 is 48.3 Å². The number of amides is 1. The van der Waals surface area contributed by atoms with Crippen molar-refractivity contribution in [2.24, 2.45) is 0 Å². The van der Waals surface area contributed by atoms with E-state index >= 15 is 0 Å². The number of thiazole rings is 1. The highest BCUT2D eigenvalue weighted by Crippen LogP contribution is 2.35. The molecule has 0 saturated carbocycles. The topological polar surface area (TPSA) is 141 Å². The summed E-state index contributed by atoms with van der Waals surface area (Å²) in [5.74, 6) is -0.496. The summed E-state index contributed by atoms with van der Waals surface area (Å²) in [6, 6.07) is 6.83. The number of carbonyl (C=O) groups is 1. The first-order chi connectivity index (χ1) is 15.7. The molecule has 1 N–H and O–H groups in total. The van der Waals surface area contributed by atoms with Crippen LogP contribution in [0, 0.1) is 10.1 Å². The lowest BCUT2D eigenvalue weighted by atomic mass is 10.1. The van der Waals surface area contributed by atoms with E-state index < -0.39 is 26.5 Å². The van der Waals surface area contributed by atoms with Gasteiger partial charge < -0.3 is 9.47 Å². The van der Waals surface area contributed by atoms with Crippen molar-refractivity contribution in [3.8, 4) is 11.5 Å². The van der Waals surface area contributed by atoms with Gasteiger partial charge in [0.25, 0.3) is 11.6 Å². The summed E-state index contributed by atoms with van der Waals surface area (Å²) in [6.45, 7) is 4.19. The molecule has 33 heavy (non-hydrogen) atoms. The van der Waals surface area contributed by atoms with Crippen LogP contribution in [0.3, 0.4) is 0 Å². The molecule has 176 valence electrons. The Morgan fingerprint density at radius 2 is 1.79 bits per heavy atom. The molecule has 2 aromatic carbocycles. The first kappa shape index (κ1) is 24.4. The summed E-state index contributed by atoms with van der Waals surface area (Å²) in [4.78, 5) is 28.0. The highest BCUT2D eigenvalue weighted by Gasteiger charge is 2.26. The number of hydrogen-bond acceptors (Lipinski definition) is 9. The van der Waals surface area contributed by atoms with E-state index in [1.54, 1.807) is 19.9 Å². The quantitative estimate of drug-likeness (QED) is 0.352. The second kappa shape index (κ2) is 9.68. The molecule has 0 aliphatic rings. The third-order valence-electron chi connectivity index (χ3n) is 4.87. The summed E-state index contributed by atoms with van der Waals surface area (Å²) in [5, 5.41) is 14.2. The molecule has 11 nitrogen and oxygen atoms in total. The monoisotopic (exact) mass is 494 g/mol. The zero-order valence-corrected chi connectivity index (χ0v) is 19.9. The Morgan fingerprint density at radius 1 is 1.15 bits per heavy atom. The van der Waals surface area contributed by atoms with Gasteiger partial charge in [0.15, 0.2) is 16.6 Å². The minimum atomic E-state index is -3.65. The third kappa shape index (κ3) is 4.74. The van der Waals surface area contributed by atoms with Gasteiger partial charge in [-0.15, -0.1) is 0 Å². The van der Waals surface area contributed by atoms with Crippen LogP contribution in [0.5, 0.6) is 11.5 Å². The molecule has 0 bridgehead atoms. The lowest BCUT2D eigenvalue weighted by Gasteiger charge is -2.18. The fourth-order valence-corrected chi connectivity index (χ4v) is 5.66. The largest absolute Gasteiger partial charge is 0.493 e. The average molecular weight is 495 g/mol. The standard InChI is InChI=1S/C20H22N4O7S2/c1-5-23(6-2)33(28,29)12-7-8-14-18(9-12)32-20(21-14)22-19(25)13-10-16(30-3)17(31-4)11-15(13)24(26)27/h7-11H,5-6H2,1-4H3,(H,21,22,25). The number of hydrogen-bond donors (Lipinski definition) is 1. The van der Waals surface area contributed by atoms with E-state index in [0.717, 1.165) is 17.4 Å². The predicted octanol–water partition coefficient (Wildman–Crippen LogP) is 3.50. The van der Waals surface area contributed by atoms with E-state index in [9.17, 15) is 23.3 Å². The number of benzene rings is 2. The Labute approximate surface area is 194 Å². The van der Waals surface area contributed by atoms with Crippen LogP contribution in [0.15, 0.2) is 35.2 Å². The van der Waals surface area contributed by atoms with E-state index in [1.807, 2.05) is 0 Å². The maximum atomic E-state index is 12.8. The van der Waals surface area contributed by atoms with E-state index in [0.29, 0.717) is 23.3 Å². The normalized spacial score (nSPS) is 11.5. The molecular formula is C20H22N4O7S2. The zero-order valence-electron chi connectivity index (χ0n) is 18.3. The lowest BCUT2D eigenvalue weighted by Crippen LogP contribution is -2.30. The molecule has 3 aromatic rings. The number of methoxy groups -OCH3 is 2. The summed E-state index contributed by atoms with van der Waals surface area (Å²) in [6.07, 6.45) is 0. The zero-order chi connectivity index (χ0) is 24.3. The fraction of sp³-hybridized carbons (Fsp3) is 0.300. The van der Waals surface area contributed by atoms with E-state index in [4.69, 9.17) is 9.47 Å². The highest BCUT2D eigenvalue weighted by atomic mass is 32.2. The molecule has 13 heteroatoms. The number of aromatic nitrogens is 1. The Hall–Kier alpha value is -3.29. The van der Waals surface area contributed by atoms with Gasteiger partial charge >= 0.3 is 0 Å². The molecular weight excluding hydrogens is 472 g/mol. The van der Waals surface area contributed by atoms with Crippen molar-refractivity contribution in [1.29, 1.82) is 0 Å². The SMILES string of the molecule is CCN(CC)S(=O)(=O)c1ccc2nc(NC(=O)c3cc(OC)c(OC)cc3[N+](=O)[O-])sc2c1. The second-order valence-electron chi connectivity index (χ2n) is 6.67. The number of carbonyl (C=O) groups excluding carboxylic acids is 1. The van der Waals surface area contributed by atoms with Gasteiger partial charge in [0, 0.05) is 19.2 Å². The molecule has 0 aliphatic carbocycles. The molecule has 0 unspecified atom stereocenters. The Kier molecular flexibility index (Phi) is 7.15. The minimum Gasteiger partial charge on any atom is -0.493 e. The van der Waals surface area contributed by atoms with Crippen molar-refractivity contribution in [2.45, 2.75) is 18.7 Å². The summed E-state index contributed by atoms with van der Waals surface area (Å²) in [7, 11) is -0.974. The average Bonchev–Trinajstić information content (AvgIpc) is 3.19.